The number of benzene rings is 2. The largest absolute Gasteiger partial charge is 0.284 e. The number of hydrogen-bond donors (Lipinski definition) is 0. The zero-order valence-electron chi connectivity index (χ0n) is 18.1. The summed E-state index contributed by atoms with van der Waals surface area (Å²) in [4.78, 5) is 31.0. The van der Waals surface area contributed by atoms with E-state index in [2.05, 4.69) is 10.2 Å². The summed E-state index contributed by atoms with van der Waals surface area (Å²) in [6, 6.07) is 15.2. The van der Waals surface area contributed by atoms with Crippen molar-refractivity contribution in [2.24, 2.45) is 7.05 Å². The van der Waals surface area contributed by atoms with Crippen molar-refractivity contribution in [2.75, 3.05) is 0 Å². The zero-order chi connectivity index (χ0) is 22.5. The Labute approximate surface area is 192 Å². The van der Waals surface area contributed by atoms with Crippen molar-refractivity contribution in [3.8, 4) is 0 Å². The van der Waals surface area contributed by atoms with Gasteiger partial charge in [0.1, 0.15) is 5.82 Å². The molecule has 1 aliphatic carbocycles. The van der Waals surface area contributed by atoms with Crippen molar-refractivity contribution >= 4 is 39.3 Å². The second kappa shape index (κ2) is 7.84. The first-order valence-electron chi connectivity index (χ1n) is 11.1. The highest BCUT2D eigenvalue weighted by molar-refractivity contribution is 7.98. The Balaban J connectivity index is 1.48. The van der Waals surface area contributed by atoms with Crippen LogP contribution in [0.1, 0.15) is 37.5 Å². The lowest BCUT2D eigenvalue weighted by molar-refractivity contribution is 0.457. The van der Waals surface area contributed by atoms with E-state index in [1.807, 2.05) is 57.5 Å². The lowest BCUT2D eigenvalue weighted by Crippen LogP contribution is -2.26. The Morgan fingerprint density at radius 2 is 1.67 bits per heavy atom. The van der Waals surface area contributed by atoms with Gasteiger partial charge in [0, 0.05) is 13.1 Å². The first kappa shape index (κ1) is 20.2. The maximum Gasteiger partial charge on any atom is 0.262 e. The number of fused-ring (bicyclic) bond motifs is 4. The van der Waals surface area contributed by atoms with Gasteiger partial charge in [-0.15, -0.1) is 10.2 Å². The van der Waals surface area contributed by atoms with E-state index in [-0.39, 0.29) is 17.2 Å². The lowest BCUT2D eigenvalue weighted by Gasteiger charge is -2.18. The Bertz CT molecular complexity index is 1640. The minimum atomic E-state index is -0.101. The molecule has 1 aliphatic rings. The Morgan fingerprint density at radius 3 is 2.48 bits per heavy atom. The van der Waals surface area contributed by atoms with Crippen LogP contribution in [-0.2, 0) is 12.8 Å². The fraction of sp³-hybridized carbons (Fsp3) is 0.292. The van der Waals surface area contributed by atoms with Gasteiger partial charge in [-0.3, -0.25) is 23.1 Å². The van der Waals surface area contributed by atoms with Crippen molar-refractivity contribution in [3.05, 3.63) is 75.1 Å². The van der Waals surface area contributed by atoms with E-state index >= 15 is 0 Å². The summed E-state index contributed by atoms with van der Waals surface area (Å²) in [5.41, 5.74) is 1.40. The van der Waals surface area contributed by atoms with Crippen LogP contribution in [0.3, 0.4) is 0 Å². The van der Waals surface area contributed by atoms with Crippen LogP contribution in [0.25, 0.3) is 27.6 Å². The molecule has 3 heterocycles. The highest BCUT2D eigenvalue weighted by Gasteiger charge is 2.24. The van der Waals surface area contributed by atoms with Gasteiger partial charge in [-0.05, 0) is 37.1 Å². The number of aromatic nitrogens is 6. The summed E-state index contributed by atoms with van der Waals surface area (Å²) >= 11 is 1.50. The number of para-hydroxylation sites is 2. The first-order chi connectivity index (χ1) is 16.1. The zero-order valence-corrected chi connectivity index (χ0v) is 19.0. The molecule has 9 heteroatoms. The molecule has 33 heavy (non-hydrogen) atoms. The van der Waals surface area contributed by atoms with E-state index in [4.69, 9.17) is 4.98 Å². The van der Waals surface area contributed by atoms with Gasteiger partial charge in [0.2, 0.25) is 5.78 Å². The molecule has 0 radical (unpaired) electrons. The van der Waals surface area contributed by atoms with Crippen LogP contribution in [-0.4, -0.2) is 28.7 Å². The van der Waals surface area contributed by atoms with Gasteiger partial charge < -0.3 is 0 Å². The molecular weight excluding hydrogens is 436 g/mol. The topological polar surface area (TPSA) is 87.1 Å². The molecule has 1 saturated carbocycles. The Hall–Kier alpha value is -3.46. The molecule has 0 saturated heterocycles. The third-order valence-corrected chi connectivity index (χ3v) is 7.44. The summed E-state index contributed by atoms with van der Waals surface area (Å²) in [5, 5.41) is 10.7. The highest BCUT2D eigenvalue weighted by atomic mass is 32.2. The number of hydrogen-bond acceptors (Lipinski definition) is 6. The van der Waals surface area contributed by atoms with Gasteiger partial charge in [0.15, 0.2) is 5.16 Å². The van der Waals surface area contributed by atoms with Crippen molar-refractivity contribution in [2.45, 2.75) is 42.6 Å². The second-order valence-corrected chi connectivity index (χ2v) is 9.39. The number of thioether (sulfide) groups is 1. The molecule has 6 rings (SSSR count). The van der Waals surface area contributed by atoms with Crippen LogP contribution in [0.5, 0.6) is 0 Å². The molecular formula is C24H22N6O2S. The van der Waals surface area contributed by atoms with Gasteiger partial charge >= 0.3 is 0 Å². The van der Waals surface area contributed by atoms with Crippen molar-refractivity contribution in [1.29, 1.82) is 0 Å². The normalized spacial score (nSPS) is 14.7. The summed E-state index contributed by atoms with van der Waals surface area (Å²) in [6.45, 7) is 0. The molecule has 0 aliphatic heterocycles. The molecule has 0 unspecified atom stereocenters. The van der Waals surface area contributed by atoms with E-state index in [1.54, 1.807) is 7.05 Å². The maximum atomic E-state index is 13.4. The van der Waals surface area contributed by atoms with Crippen LogP contribution in [0.2, 0.25) is 0 Å². The van der Waals surface area contributed by atoms with Gasteiger partial charge in [-0.2, -0.15) is 0 Å². The third kappa shape index (κ3) is 3.18. The van der Waals surface area contributed by atoms with Crippen LogP contribution in [0.15, 0.2) is 63.3 Å². The van der Waals surface area contributed by atoms with Crippen molar-refractivity contribution < 1.29 is 0 Å². The molecule has 0 N–H and O–H groups in total. The summed E-state index contributed by atoms with van der Waals surface area (Å²) in [6.07, 6.45) is 4.24. The SMILES string of the molecule is Cn1c(=O)c2ccccc2n2c(CSc3nc4ccccc4c(=O)n3C3CCCC3)nnc12. The van der Waals surface area contributed by atoms with E-state index < -0.39 is 0 Å². The highest BCUT2D eigenvalue weighted by Crippen LogP contribution is 2.33. The molecule has 5 aromatic rings. The van der Waals surface area contributed by atoms with Crippen LogP contribution >= 0.6 is 11.8 Å². The molecule has 0 amide bonds. The minimum absolute atomic E-state index is 0.0222. The molecule has 8 nitrogen and oxygen atoms in total. The van der Waals surface area contributed by atoms with E-state index in [0.29, 0.717) is 38.8 Å². The van der Waals surface area contributed by atoms with Gasteiger partial charge in [-0.1, -0.05) is 48.9 Å². The molecule has 0 atom stereocenters. The van der Waals surface area contributed by atoms with Crippen LogP contribution in [0.4, 0.5) is 0 Å². The quantitative estimate of drug-likeness (QED) is 0.302. The average molecular weight is 459 g/mol. The van der Waals surface area contributed by atoms with Crippen molar-refractivity contribution in [1.82, 2.24) is 28.7 Å². The van der Waals surface area contributed by atoms with Gasteiger partial charge in [0.25, 0.3) is 11.1 Å². The molecule has 2 aromatic carbocycles. The Morgan fingerprint density at radius 1 is 0.939 bits per heavy atom. The fourth-order valence-electron chi connectivity index (χ4n) is 4.83. The minimum Gasteiger partial charge on any atom is -0.284 e. The molecule has 3 aromatic heterocycles. The summed E-state index contributed by atoms with van der Waals surface area (Å²) in [5.74, 6) is 1.68. The Kier molecular flexibility index (Phi) is 4.79. The van der Waals surface area contributed by atoms with Gasteiger partial charge in [-0.25, -0.2) is 4.98 Å². The summed E-state index contributed by atoms with van der Waals surface area (Å²) < 4.78 is 5.33. The number of nitrogens with zero attached hydrogens (tertiary/aromatic N) is 6. The molecule has 0 spiro atoms. The first-order valence-corrected chi connectivity index (χ1v) is 12.1. The number of rotatable bonds is 4. The molecule has 0 bridgehead atoms. The van der Waals surface area contributed by atoms with E-state index in [9.17, 15) is 9.59 Å². The average Bonchev–Trinajstić information content (AvgIpc) is 3.52. The lowest BCUT2D eigenvalue weighted by atomic mass is 10.2. The van der Waals surface area contributed by atoms with E-state index in [0.717, 1.165) is 31.2 Å². The second-order valence-electron chi connectivity index (χ2n) is 8.45. The van der Waals surface area contributed by atoms with Crippen LogP contribution < -0.4 is 11.1 Å². The third-order valence-electron chi connectivity index (χ3n) is 6.49. The van der Waals surface area contributed by atoms with E-state index in [1.165, 1.54) is 16.3 Å². The van der Waals surface area contributed by atoms with Crippen LogP contribution in [0, 0.1) is 0 Å². The fourth-order valence-corrected chi connectivity index (χ4v) is 5.81. The monoisotopic (exact) mass is 458 g/mol. The maximum absolute atomic E-state index is 13.4. The predicted octanol–water partition coefficient (Wildman–Crippen LogP) is 3.70. The molecule has 1 fully saturated rings. The molecule has 166 valence electrons. The number of aryl methyl sites for hydroxylation is 1. The smallest absolute Gasteiger partial charge is 0.262 e. The van der Waals surface area contributed by atoms with Crippen molar-refractivity contribution in [3.63, 3.8) is 0 Å². The predicted molar refractivity (Wildman–Crippen MR) is 129 cm³/mol. The standard InChI is InChI=1S/C24H22N6O2S/c1-28-21(31)17-11-5-7-13-19(17)30-20(26-27-23(28)30)14-33-24-25-18-12-6-4-10-16(18)22(32)29(24)15-8-2-3-9-15/h4-7,10-13,15H,2-3,8-9,14H2,1H3. The summed E-state index contributed by atoms with van der Waals surface area (Å²) in [7, 11) is 1.71. The van der Waals surface area contributed by atoms with Gasteiger partial charge in [0.05, 0.1) is 27.6 Å².